The predicted octanol–water partition coefficient (Wildman–Crippen LogP) is 6.02. The molecule has 1 aliphatic heterocycles. The van der Waals surface area contributed by atoms with Crippen LogP contribution in [0.4, 0.5) is 5.69 Å². The van der Waals surface area contributed by atoms with E-state index >= 15 is 0 Å². The van der Waals surface area contributed by atoms with Crippen LogP contribution in [0.5, 0.6) is 5.75 Å². The van der Waals surface area contributed by atoms with Gasteiger partial charge in [-0.15, -0.1) is 0 Å². The summed E-state index contributed by atoms with van der Waals surface area (Å²) in [6, 6.07) is 24.4. The Hall–Kier alpha value is -4.10. The Morgan fingerprint density at radius 1 is 1.00 bits per heavy atom. The minimum Gasteiger partial charge on any atom is -0.493 e. The van der Waals surface area contributed by atoms with Crippen molar-refractivity contribution in [3.8, 4) is 17.2 Å². The van der Waals surface area contributed by atoms with E-state index in [-0.39, 0.29) is 5.41 Å². The number of hydrogen-bond donors (Lipinski definition) is 2. The molecule has 7 nitrogen and oxygen atoms in total. The lowest BCUT2D eigenvalue weighted by molar-refractivity contribution is -0.147. The minimum atomic E-state index is -0.936. The Balaban J connectivity index is 1.17. The van der Waals surface area contributed by atoms with Crippen LogP contribution in [0.1, 0.15) is 43.4 Å². The average molecular weight is 541 g/mol. The second-order valence-electron chi connectivity index (χ2n) is 11.4. The Labute approximate surface area is 235 Å². The van der Waals surface area contributed by atoms with Gasteiger partial charge in [0.15, 0.2) is 0 Å². The van der Waals surface area contributed by atoms with Crippen molar-refractivity contribution in [3.63, 3.8) is 0 Å². The van der Waals surface area contributed by atoms with Crippen LogP contribution >= 0.6 is 0 Å². The van der Waals surface area contributed by atoms with Gasteiger partial charge in [0, 0.05) is 23.6 Å². The summed E-state index contributed by atoms with van der Waals surface area (Å²) in [7, 11) is 0. The first-order valence-corrected chi connectivity index (χ1v) is 13.6. The second-order valence-corrected chi connectivity index (χ2v) is 11.4. The molecule has 7 heteroatoms. The molecule has 5 rings (SSSR count). The molecule has 0 radical (unpaired) electrons. The minimum absolute atomic E-state index is 0.00230. The molecule has 4 aromatic rings. The molecule has 208 valence electrons. The maximum Gasteiger partial charge on any atom is 0.326 e. The normalized spacial score (nSPS) is 18.8. The highest BCUT2D eigenvalue weighted by Gasteiger charge is 2.51. The highest BCUT2D eigenvalue weighted by atomic mass is 16.5. The van der Waals surface area contributed by atoms with Crippen LogP contribution in [0.3, 0.4) is 0 Å². The molecule has 3 atom stereocenters. The molecule has 1 saturated heterocycles. The highest BCUT2D eigenvalue weighted by molar-refractivity contribution is 5.81. The van der Waals surface area contributed by atoms with E-state index in [1.807, 2.05) is 85.8 Å². The number of carboxylic acid groups (broad SMARTS) is 1. The van der Waals surface area contributed by atoms with Gasteiger partial charge in [0.1, 0.15) is 23.8 Å². The molecular formula is C33H36N2O5. The van der Waals surface area contributed by atoms with Gasteiger partial charge >= 0.3 is 5.97 Å². The smallest absolute Gasteiger partial charge is 0.326 e. The maximum atomic E-state index is 12.1. The molecule has 0 saturated carbocycles. The van der Waals surface area contributed by atoms with E-state index in [9.17, 15) is 15.0 Å². The number of ether oxygens (including phenoxy) is 1. The molecule has 1 aliphatic rings. The number of aliphatic carboxylic acids is 1. The summed E-state index contributed by atoms with van der Waals surface area (Å²) in [5, 5.41) is 20.9. The first-order valence-electron chi connectivity index (χ1n) is 13.6. The Kier molecular flexibility index (Phi) is 7.68. The summed E-state index contributed by atoms with van der Waals surface area (Å²) in [6.07, 6.45) is 0.199. The van der Waals surface area contributed by atoms with Gasteiger partial charge in [-0.25, -0.2) is 9.78 Å². The predicted molar refractivity (Wildman–Crippen MR) is 155 cm³/mol. The Bertz CT molecular complexity index is 1440. The lowest BCUT2D eigenvalue weighted by Gasteiger charge is -2.51. The molecule has 0 amide bonds. The third-order valence-corrected chi connectivity index (χ3v) is 7.57. The number of carboxylic acids is 1. The number of oxazole rings is 1. The van der Waals surface area contributed by atoms with Crippen LogP contribution in [-0.2, 0) is 23.1 Å². The highest BCUT2D eigenvalue weighted by Crippen LogP contribution is 2.39. The standard InChI is InChI=1S/C33H36N2O5/c1-21-28(34-30(40-21)23-8-6-5-7-9-23)18-19-39-26-16-10-22(11-17-26)20-27-29(32(37)38)35(31(27)36)25-14-12-24(13-15-25)33(2,3)4/h5-17,27,29,31,36H,18-20H2,1-4H3,(H,37,38)/t27-,29-,31?/m0/s1. The number of aromatic nitrogens is 1. The van der Waals surface area contributed by atoms with E-state index in [2.05, 4.69) is 25.8 Å². The zero-order valence-corrected chi connectivity index (χ0v) is 23.4. The first kappa shape index (κ1) is 27.5. The monoisotopic (exact) mass is 540 g/mol. The fraction of sp³-hybridized carbons (Fsp3) is 0.333. The summed E-state index contributed by atoms with van der Waals surface area (Å²) < 4.78 is 11.8. The third kappa shape index (κ3) is 5.75. The topological polar surface area (TPSA) is 96.0 Å². The van der Waals surface area contributed by atoms with Crippen LogP contribution in [0.15, 0.2) is 83.3 Å². The third-order valence-electron chi connectivity index (χ3n) is 7.57. The van der Waals surface area contributed by atoms with Crippen molar-refractivity contribution in [1.82, 2.24) is 4.98 Å². The van der Waals surface area contributed by atoms with Crippen molar-refractivity contribution in [2.75, 3.05) is 11.5 Å². The Morgan fingerprint density at radius 3 is 2.30 bits per heavy atom. The van der Waals surface area contributed by atoms with E-state index in [4.69, 9.17) is 9.15 Å². The Morgan fingerprint density at radius 2 is 1.68 bits per heavy atom. The number of aliphatic hydroxyl groups excluding tert-OH is 1. The maximum absolute atomic E-state index is 12.1. The van der Waals surface area contributed by atoms with Crippen LogP contribution in [0.25, 0.3) is 11.5 Å². The number of benzene rings is 3. The van der Waals surface area contributed by atoms with Crippen LogP contribution in [-0.4, -0.2) is 40.0 Å². The van der Waals surface area contributed by atoms with E-state index in [0.717, 1.165) is 33.9 Å². The van der Waals surface area contributed by atoms with E-state index in [1.54, 1.807) is 4.90 Å². The molecule has 0 aliphatic carbocycles. The van der Waals surface area contributed by atoms with Crippen molar-refractivity contribution in [2.45, 2.75) is 58.2 Å². The van der Waals surface area contributed by atoms with Gasteiger partial charge in [0.05, 0.1) is 12.3 Å². The van der Waals surface area contributed by atoms with Gasteiger partial charge in [0.2, 0.25) is 5.89 Å². The largest absolute Gasteiger partial charge is 0.493 e. The van der Waals surface area contributed by atoms with E-state index in [0.29, 0.717) is 31.0 Å². The van der Waals surface area contributed by atoms with Gasteiger partial charge in [0.25, 0.3) is 0 Å². The number of aryl methyl sites for hydroxylation is 1. The molecular weight excluding hydrogens is 504 g/mol. The van der Waals surface area contributed by atoms with Gasteiger partial charge in [-0.1, -0.05) is 63.2 Å². The lowest BCUT2D eigenvalue weighted by atomic mass is 9.80. The summed E-state index contributed by atoms with van der Waals surface area (Å²) in [5.74, 6) is 0.756. The fourth-order valence-corrected chi connectivity index (χ4v) is 5.23. The van der Waals surface area contributed by atoms with Crippen LogP contribution in [0, 0.1) is 12.8 Å². The number of carbonyl (C=O) groups is 1. The van der Waals surface area contributed by atoms with E-state index < -0.39 is 24.2 Å². The fourth-order valence-electron chi connectivity index (χ4n) is 5.23. The van der Waals surface area contributed by atoms with Crippen LogP contribution < -0.4 is 9.64 Å². The van der Waals surface area contributed by atoms with Gasteiger partial charge < -0.3 is 24.3 Å². The second kappa shape index (κ2) is 11.2. The van der Waals surface area contributed by atoms with Gasteiger partial charge in [-0.05, 0) is 66.3 Å². The summed E-state index contributed by atoms with van der Waals surface area (Å²) in [5.41, 5.74) is 4.63. The number of hydrogen-bond acceptors (Lipinski definition) is 6. The quantitative estimate of drug-likeness (QED) is 0.268. The number of nitrogens with zero attached hydrogens (tertiary/aromatic N) is 2. The van der Waals surface area contributed by atoms with Crippen molar-refractivity contribution in [2.24, 2.45) is 5.92 Å². The molecule has 2 N–H and O–H groups in total. The van der Waals surface area contributed by atoms with Gasteiger partial charge in [-0.2, -0.15) is 0 Å². The zero-order valence-electron chi connectivity index (χ0n) is 23.4. The molecule has 0 bridgehead atoms. The molecule has 40 heavy (non-hydrogen) atoms. The average Bonchev–Trinajstić information content (AvgIpc) is 3.31. The first-order chi connectivity index (χ1) is 19.1. The number of rotatable bonds is 9. The SMILES string of the molecule is Cc1oc(-c2ccccc2)nc1CCOc1ccc(C[C@@H]2C(O)N(c3ccc(C(C)(C)C)cc3)[C@@H]2C(=O)O)cc1. The zero-order chi connectivity index (χ0) is 28.4. The molecule has 1 aromatic heterocycles. The van der Waals surface area contributed by atoms with Gasteiger partial charge in [-0.3, -0.25) is 0 Å². The van der Waals surface area contributed by atoms with Crippen molar-refractivity contribution < 1.29 is 24.2 Å². The van der Waals surface area contributed by atoms with Crippen molar-refractivity contribution >= 4 is 11.7 Å². The van der Waals surface area contributed by atoms with Crippen LogP contribution in [0.2, 0.25) is 0 Å². The molecule has 0 spiro atoms. The molecule has 1 unspecified atom stereocenters. The van der Waals surface area contributed by atoms with E-state index in [1.165, 1.54) is 0 Å². The number of anilines is 1. The molecule has 3 aromatic carbocycles. The molecule has 1 fully saturated rings. The summed E-state index contributed by atoms with van der Waals surface area (Å²) in [6.45, 7) is 8.75. The lowest BCUT2D eigenvalue weighted by Crippen LogP contribution is -2.68. The number of aliphatic hydroxyl groups is 1. The summed E-state index contributed by atoms with van der Waals surface area (Å²) >= 11 is 0. The molecule has 2 heterocycles. The summed E-state index contributed by atoms with van der Waals surface area (Å²) in [4.78, 5) is 18.4. The van der Waals surface area contributed by atoms with Crippen molar-refractivity contribution in [1.29, 1.82) is 0 Å². The van der Waals surface area contributed by atoms with Crippen molar-refractivity contribution in [3.05, 3.63) is 101 Å².